The van der Waals surface area contributed by atoms with E-state index in [2.05, 4.69) is 161 Å². The molecule has 484 valence electrons. The SMILES string of the molecule is Cc1cc(C#N)cc(C#N)c1-[n+]1c2ccccc2c(C)n1C.Cc1cc(C#N)ccc1-[n+]1c2ccccc2c(C)n1C.Cc1cc(F)cc(F)c1-[n+]1ccc(C)n1C.Cc1ccc(C#N)cc1-[n+]1c2ccccc2c(C)n1C.Cc1cccc(C#N)c1-[n+]1c2ccccc2c(C)n1C. The molecule has 9 aromatic carbocycles. The second-order valence-electron chi connectivity index (χ2n) is 24.4. The Balaban J connectivity index is 0.000000133. The lowest BCUT2D eigenvalue weighted by Crippen LogP contribution is -2.41. The molecule has 15 nitrogen and oxygen atoms in total. The molecule has 0 aliphatic rings. The minimum atomic E-state index is -0.552. The van der Waals surface area contributed by atoms with Crippen molar-refractivity contribution in [1.29, 1.82) is 26.3 Å². The summed E-state index contributed by atoms with van der Waals surface area (Å²) < 4.78 is 47.1. The highest BCUT2D eigenvalue weighted by Gasteiger charge is 2.30. The summed E-state index contributed by atoms with van der Waals surface area (Å²) in [6, 6.07) is 69.2. The van der Waals surface area contributed by atoms with Crippen molar-refractivity contribution < 1.29 is 32.2 Å². The maximum absolute atomic E-state index is 13.7. The van der Waals surface area contributed by atoms with Gasteiger partial charge in [0.05, 0.1) is 120 Å². The van der Waals surface area contributed by atoms with Crippen molar-refractivity contribution in [3.63, 3.8) is 0 Å². The monoisotopic (exact) mass is 1300 g/mol. The first-order valence-electron chi connectivity index (χ1n) is 31.8. The van der Waals surface area contributed by atoms with Gasteiger partial charge in [0, 0.05) is 76.3 Å². The molecule has 17 heteroatoms. The molecule has 98 heavy (non-hydrogen) atoms. The van der Waals surface area contributed by atoms with Crippen LogP contribution in [-0.4, -0.2) is 23.4 Å². The van der Waals surface area contributed by atoms with Gasteiger partial charge in [-0.05, 0) is 136 Å². The molecule has 0 aliphatic heterocycles. The molecule has 5 aromatic heterocycles. The maximum Gasteiger partial charge on any atom is 0.274 e. The Morgan fingerprint density at radius 1 is 0.316 bits per heavy atom. The van der Waals surface area contributed by atoms with Crippen LogP contribution in [0.5, 0.6) is 0 Å². The van der Waals surface area contributed by atoms with E-state index in [9.17, 15) is 19.3 Å². The summed E-state index contributed by atoms with van der Waals surface area (Å²) in [6.07, 6.45) is 1.76. The molecule has 0 radical (unpaired) electrons. The normalized spacial score (nSPS) is 10.7. The van der Waals surface area contributed by atoms with Gasteiger partial charge in [-0.25, -0.2) is 4.39 Å². The van der Waals surface area contributed by atoms with E-state index in [-0.39, 0.29) is 0 Å². The zero-order chi connectivity index (χ0) is 70.5. The number of rotatable bonds is 5. The van der Waals surface area contributed by atoms with Crippen LogP contribution in [0.3, 0.4) is 0 Å². The molecule has 0 aliphatic carbocycles. The van der Waals surface area contributed by atoms with Gasteiger partial charge in [-0.2, -0.15) is 54.1 Å². The van der Waals surface area contributed by atoms with E-state index in [1.807, 2.05) is 173 Å². The van der Waals surface area contributed by atoms with Crippen LogP contribution in [0.2, 0.25) is 0 Å². The Bertz CT molecular complexity index is 5670. The van der Waals surface area contributed by atoms with Crippen LogP contribution in [0, 0.1) is 138 Å². The van der Waals surface area contributed by atoms with Crippen molar-refractivity contribution in [3.05, 3.63) is 284 Å². The highest BCUT2D eigenvalue weighted by atomic mass is 19.1. The van der Waals surface area contributed by atoms with Crippen LogP contribution >= 0.6 is 0 Å². The molecule has 0 bridgehead atoms. The van der Waals surface area contributed by atoms with Crippen LogP contribution in [0.15, 0.2) is 188 Å². The number of nitriles is 5. The molecular weight excluding hydrogens is 1220 g/mol. The maximum atomic E-state index is 13.7. The first-order valence-corrected chi connectivity index (χ1v) is 31.8. The highest BCUT2D eigenvalue weighted by molar-refractivity contribution is 5.81. The number of hydrogen-bond donors (Lipinski definition) is 0. The third-order valence-electron chi connectivity index (χ3n) is 18.4. The predicted molar refractivity (Wildman–Crippen MR) is 376 cm³/mol. The summed E-state index contributed by atoms with van der Waals surface area (Å²) in [5.41, 5.74) is 22.5. The molecule has 0 unspecified atom stereocenters. The fourth-order valence-corrected chi connectivity index (χ4v) is 12.8. The Morgan fingerprint density at radius 3 is 1.18 bits per heavy atom. The molecule has 0 fully saturated rings. The number of hydrogen-bond acceptors (Lipinski definition) is 5. The zero-order valence-electron chi connectivity index (χ0n) is 57.9. The van der Waals surface area contributed by atoms with E-state index < -0.39 is 11.6 Å². The van der Waals surface area contributed by atoms with E-state index in [4.69, 9.17) is 15.8 Å². The molecule has 0 amide bonds. The van der Waals surface area contributed by atoms with Crippen LogP contribution in [-0.2, 0) is 35.2 Å². The molecule has 0 saturated heterocycles. The minimum absolute atomic E-state index is 0.386. The average molecular weight is 1300 g/mol. The van der Waals surface area contributed by atoms with Crippen molar-refractivity contribution in [2.24, 2.45) is 35.2 Å². The van der Waals surface area contributed by atoms with Crippen molar-refractivity contribution in [2.75, 3.05) is 0 Å². The Kier molecular flexibility index (Phi) is 19.9. The number of benzene rings is 9. The summed E-state index contributed by atoms with van der Waals surface area (Å²) in [7, 11) is 9.95. The summed E-state index contributed by atoms with van der Waals surface area (Å²) in [5, 5.41) is 51.0. The van der Waals surface area contributed by atoms with Gasteiger partial charge in [0.15, 0.2) is 5.82 Å². The minimum Gasteiger partial charge on any atom is -0.207 e. The fourth-order valence-electron chi connectivity index (χ4n) is 12.8. The van der Waals surface area contributed by atoms with E-state index >= 15 is 0 Å². The van der Waals surface area contributed by atoms with Gasteiger partial charge in [0.25, 0.3) is 17.1 Å². The summed E-state index contributed by atoms with van der Waals surface area (Å²) in [6.45, 7) is 20.1. The third kappa shape index (κ3) is 12.8. The largest absolute Gasteiger partial charge is 0.274 e. The van der Waals surface area contributed by atoms with Gasteiger partial charge in [0.1, 0.15) is 29.1 Å². The van der Waals surface area contributed by atoms with Gasteiger partial charge in [-0.15, -0.1) is 0 Å². The van der Waals surface area contributed by atoms with Crippen molar-refractivity contribution in [2.45, 2.75) is 69.2 Å². The first-order chi connectivity index (χ1) is 47.0. The van der Waals surface area contributed by atoms with Crippen LogP contribution in [0.4, 0.5) is 8.78 Å². The second kappa shape index (κ2) is 28.5. The molecule has 14 rings (SSSR count). The van der Waals surface area contributed by atoms with Gasteiger partial charge in [0.2, 0.25) is 39.6 Å². The lowest BCUT2D eigenvalue weighted by Gasteiger charge is -2.04. The second-order valence-corrected chi connectivity index (χ2v) is 24.4. The van der Waals surface area contributed by atoms with Crippen LogP contribution in [0.1, 0.15) is 84.1 Å². The molecule has 0 saturated carbocycles. The van der Waals surface area contributed by atoms with Gasteiger partial charge >= 0.3 is 0 Å². The number of para-hydroxylation sites is 5. The van der Waals surface area contributed by atoms with Crippen molar-refractivity contribution in [1.82, 2.24) is 23.4 Å². The number of halogens is 2. The summed E-state index contributed by atoms with van der Waals surface area (Å²) >= 11 is 0. The lowest BCUT2D eigenvalue weighted by atomic mass is 10.0. The van der Waals surface area contributed by atoms with Crippen molar-refractivity contribution in [3.8, 4) is 58.8 Å². The molecule has 0 N–H and O–H groups in total. The molecule has 0 spiro atoms. The van der Waals surface area contributed by atoms with E-state index in [1.54, 1.807) is 23.9 Å². The van der Waals surface area contributed by atoms with E-state index in [1.165, 1.54) is 44.8 Å². The quantitative estimate of drug-likeness (QED) is 0.156. The van der Waals surface area contributed by atoms with Gasteiger partial charge in [-0.3, -0.25) is 0 Å². The predicted octanol–water partition coefficient (Wildman–Crippen LogP) is 13.8. The molecule has 5 heterocycles. The average Bonchev–Trinajstić information content (AvgIpc) is 1.62. The van der Waals surface area contributed by atoms with Gasteiger partial charge < -0.3 is 0 Å². The van der Waals surface area contributed by atoms with Crippen molar-refractivity contribution >= 4 is 43.6 Å². The van der Waals surface area contributed by atoms with Gasteiger partial charge in [-0.1, -0.05) is 90.1 Å². The number of fused-ring (bicyclic) bond motifs is 4. The Hall–Kier alpha value is -12.6. The Labute approximate surface area is 569 Å². The summed E-state index contributed by atoms with van der Waals surface area (Å²) in [5.74, 6) is -1.10. The van der Waals surface area contributed by atoms with Crippen LogP contribution in [0.25, 0.3) is 72.0 Å². The molecule has 14 aromatic rings. The lowest BCUT2D eigenvalue weighted by molar-refractivity contribution is -0.684. The molecular formula is C81H76F2N15+5. The standard InChI is InChI=1S/C18H15N4.3C17H16N3.C12H13F2N2/c1-12-8-14(10-19)9-15(11-20)18(12)22-17-7-5-4-6-16(17)13(2)21(22)3;1-12-7-6-8-14(11-18)17(12)20-16-10-5-4-9-15(16)13(2)19(20)3;1-12-10-14(11-18)8-9-16(12)20-17-7-5-4-6-15(17)13(2)19(20)3;1-12-8-9-14(11-18)10-17(12)20-16-7-5-4-6-15(16)13(2)19(20)3;1-8-6-10(13)7-11(14)12(8)16-5-4-9(2)15(16)3/h4-9H,1-3H3;3*4-10H,1-3H3;4-7H,1-3H3/q5*+1. The third-order valence-corrected chi connectivity index (χ3v) is 18.4. The molecule has 0 atom stereocenters. The van der Waals surface area contributed by atoms with E-state index in [0.29, 0.717) is 39.1 Å². The smallest absolute Gasteiger partial charge is 0.207 e. The number of aromatic nitrogens is 10. The fraction of sp³-hybridized carbons (Fsp3) is 0.185. The summed E-state index contributed by atoms with van der Waals surface area (Å²) in [4.78, 5) is 0. The number of aryl methyl sites for hydroxylation is 10. The topological polar surface area (TPSA) is 163 Å². The highest BCUT2D eigenvalue weighted by Crippen LogP contribution is 2.26. The first kappa shape index (κ1) is 68.2. The van der Waals surface area contributed by atoms with Crippen LogP contribution < -0.4 is 23.4 Å². The van der Waals surface area contributed by atoms with E-state index in [0.717, 1.165) is 84.4 Å². The number of nitrogens with zero attached hydrogens (tertiary/aromatic N) is 15. The zero-order valence-corrected chi connectivity index (χ0v) is 57.9. The Morgan fingerprint density at radius 2 is 0.735 bits per heavy atom.